The molecular formula is C11H9IN2O3. The summed E-state index contributed by atoms with van der Waals surface area (Å²) in [6.45, 7) is 0.371. The molecule has 0 saturated carbocycles. The van der Waals surface area contributed by atoms with Crippen LogP contribution in [-0.4, -0.2) is 18.7 Å². The number of hydrogen-bond acceptors (Lipinski definition) is 5. The lowest BCUT2D eigenvalue weighted by atomic mass is 10.2. The lowest BCUT2D eigenvalue weighted by Crippen LogP contribution is -2.22. The van der Waals surface area contributed by atoms with Crippen LogP contribution in [0.5, 0.6) is 5.75 Å². The first-order valence-electron chi connectivity index (χ1n) is 4.94. The summed E-state index contributed by atoms with van der Waals surface area (Å²) < 4.78 is 11.0. The number of rotatable bonds is 2. The number of esters is 1. The second kappa shape index (κ2) is 4.79. The minimum Gasteiger partial charge on any atom is -0.475 e. The Bertz CT molecular complexity index is 487. The van der Waals surface area contributed by atoms with Gasteiger partial charge in [-0.05, 0) is 34.7 Å². The smallest absolute Gasteiger partial charge is 0.347 e. The molecule has 2 N–H and O–H groups in total. The zero-order chi connectivity index (χ0) is 12.4. The molecule has 6 heteroatoms. The second-order valence-corrected chi connectivity index (χ2v) is 4.71. The molecule has 1 fully saturated rings. The lowest BCUT2D eigenvalue weighted by Gasteiger charge is -2.14. The van der Waals surface area contributed by atoms with Crippen molar-refractivity contribution < 1.29 is 14.3 Å². The van der Waals surface area contributed by atoms with Gasteiger partial charge in [-0.15, -0.1) is 0 Å². The van der Waals surface area contributed by atoms with Crippen LogP contribution in [0.4, 0.5) is 5.69 Å². The number of nitriles is 1. The molecule has 1 aromatic rings. The van der Waals surface area contributed by atoms with E-state index in [4.69, 9.17) is 20.5 Å². The number of carbonyl (C=O) groups is 1. The van der Waals surface area contributed by atoms with Crippen molar-refractivity contribution in [3.63, 3.8) is 0 Å². The summed E-state index contributed by atoms with van der Waals surface area (Å²) >= 11 is 2.02. The van der Waals surface area contributed by atoms with Crippen molar-refractivity contribution in [2.24, 2.45) is 0 Å². The number of cyclic esters (lactones) is 1. The van der Waals surface area contributed by atoms with Gasteiger partial charge < -0.3 is 15.2 Å². The standard InChI is InChI=1S/C11H9IN2O3/c12-7-3-6(5-13)4-8(14)10(7)17-9-1-2-16-11(9)15/h3-4,9H,1-2,14H2. The first-order valence-corrected chi connectivity index (χ1v) is 6.02. The third-order valence-electron chi connectivity index (χ3n) is 2.35. The summed E-state index contributed by atoms with van der Waals surface area (Å²) in [5.41, 5.74) is 6.61. The summed E-state index contributed by atoms with van der Waals surface area (Å²) in [7, 11) is 0. The average molecular weight is 344 g/mol. The summed E-state index contributed by atoms with van der Waals surface area (Å²) in [4.78, 5) is 11.3. The van der Waals surface area contributed by atoms with Gasteiger partial charge >= 0.3 is 5.97 Å². The van der Waals surface area contributed by atoms with Crippen LogP contribution < -0.4 is 10.5 Å². The molecular weight excluding hydrogens is 335 g/mol. The third-order valence-corrected chi connectivity index (χ3v) is 3.15. The molecule has 1 unspecified atom stereocenters. The van der Waals surface area contributed by atoms with Gasteiger partial charge in [0.1, 0.15) is 0 Å². The van der Waals surface area contributed by atoms with Crippen molar-refractivity contribution in [3.8, 4) is 11.8 Å². The number of nitrogen functional groups attached to an aromatic ring is 1. The predicted molar refractivity (Wildman–Crippen MR) is 68.3 cm³/mol. The van der Waals surface area contributed by atoms with E-state index in [9.17, 15) is 4.79 Å². The van der Waals surface area contributed by atoms with Crippen LogP contribution in [0, 0.1) is 14.9 Å². The van der Waals surface area contributed by atoms with Gasteiger partial charge in [0.05, 0.1) is 27.5 Å². The third kappa shape index (κ3) is 2.44. The van der Waals surface area contributed by atoms with Crippen molar-refractivity contribution in [2.75, 3.05) is 12.3 Å². The molecule has 0 bridgehead atoms. The SMILES string of the molecule is N#Cc1cc(N)c(OC2CCOC2=O)c(I)c1. The Balaban J connectivity index is 2.27. The topological polar surface area (TPSA) is 85.3 Å². The Labute approximate surface area is 112 Å². The van der Waals surface area contributed by atoms with Crippen molar-refractivity contribution in [1.82, 2.24) is 0 Å². The maximum atomic E-state index is 11.3. The van der Waals surface area contributed by atoms with Gasteiger partial charge in [-0.2, -0.15) is 5.26 Å². The van der Waals surface area contributed by atoms with Crippen LogP contribution in [0.25, 0.3) is 0 Å². The fourth-order valence-electron chi connectivity index (χ4n) is 1.53. The molecule has 1 saturated heterocycles. The van der Waals surface area contributed by atoms with E-state index in [1.54, 1.807) is 6.07 Å². The summed E-state index contributed by atoms with van der Waals surface area (Å²) in [5.74, 6) is 0.0676. The van der Waals surface area contributed by atoms with E-state index < -0.39 is 6.10 Å². The van der Waals surface area contributed by atoms with E-state index in [0.29, 0.717) is 33.6 Å². The Morgan fingerprint density at radius 2 is 2.35 bits per heavy atom. The number of hydrogen-bond donors (Lipinski definition) is 1. The highest BCUT2D eigenvalue weighted by Gasteiger charge is 2.29. The molecule has 0 amide bonds. The molecule has 1 aliphatic heterocycles. The Morgan fingerprint density at radius 3 is 2.88 bits per heavy atom. The number of carbonyl (C=O) groups excluding carboxylic acids is 1. The number of benzene rings is 1. The van der Waals surface area contributed by atoms with Crippen LogP contribution in [0.15, 0.2) is 12.1 Å². The molecule has 1 aliphatic rings. The van der Waals surface area contributed by atoms with Gasteiger partial charge in [-0.1, -0.05) is 0 Å². The Morgan fingerprint density at radius 1 is 1.59 bits per heavy atom. The van der Waals surface area contributed by atoms with Crippen molar-refractivity contribution in [3.05, 3.63) is 21.3 Å². The highest BCUT2D eigenvalue weighted by Crippen LogP contribution is 2.31. The first-order chi connectivity index (χ1) is 8.11. The monoisotopic (exact) mass is 344 g/mol. The van der Waals surface area contributed by atoms with Crippen LogP contribution in [0.2, 0.25) is 0 Å². The number of ether oxygens (including phenoxy) is 2. The molecule has 1 aromatic carbocycles. The number of nitrogens with two attached hydrogens (primary N) is 1. The van der Waals surface area contributed by atoms with Gasteiger partial charge in [0.15, 0.2) is 11.9 Å². The largest absolute Gasteiger partial charge is 0.475 e. The normalized spacial score (nSPS) is 18.6. The minimum absolute atomic E-state index is 0.355. The molecule has 2 rings (SSSR count). The first kappa shape index (κ1) is 12.0. The van der Waals surface area contributed by atoms with Crippen LogP contribution in [0.3, 0.4) is 0 Å². The summed E-state index contributed by atoms with van der Waals surface area (Å²) in [5, 5.41) is 8.78. The van der Waals surface area contributed by atoms with Gasteiger partial charge in [0, 0.05) is 6.42 Å². The van der Waals surface area contributed by atoms with Gasteiger partial charge in [0.25, 0.3) is 0 Å². The molecule has 88 valence electrons. The van der Waals surface area contributed by atoms with Crippen LogP contribution >= 0.6 is 22.6 Å². The zero-order valence-electron chi connectivity index (χ0n) is 8.77. The van der Waals surface area contributed by atoms with Gasteiger partial charge in [-0.3, -0.25) is 0 Å². The predicted octanol–water partition coefficient (Wildman–Crippen LogP) is 1.44. The maximum absolute atomic E-state index is 11.3. The van der Waals surface area contributed by atoms with Crippen molar-refractivity contribution >= 4 is 34.2 Å². The fourth-order valence-corrected chi connectivity index (χ4v) is 2.30. The zero-order valence-corrected chi connectivity index (χ0v) is 10.9. The van der Waals surface area contributed by atoms with E-state index >= 15 is 0 Å². The fraction of sp³-hybridized carbons (Fsp3) is 0.273. The van der Waals surface area contributed by atoms with Crippen molar-refractivity contribution in [1.29, 1.82) is 5.26 Å². The summed E-state index contributed by atoms with van der Waals surface area (Å²) in [6, 6.07) is 5.19. The van der Waals surface area contributed by atoms with Crippen LogP contribution in [0.1, 0.15) is 12.0 Å². The summed E-state index contributed by atoms with van der Waals surface area (Å²) in [6.07, 6.45) is -0.0762. The highest BCUT2D eigenvalue weighted by atomic mass is 127. The molecule has 0 aliphatic carbocycles. The minimum atomic E-state index is -0.598. The molecule has 0 radical (unpaired) electrons. The average Bonchev–Trinajstić information content (AvgIpc) is 2.69. The van der Waals surface area contributed by atoms with E-state index in [0.717, 1.165) is 0 Å². The molecule has 17 heavy (non-hydrogen) atoms. The number of anilines is 1. The molecule has 5 nitrogen and oxygen atoms in total. The molecule has 1 atom stereocenters. The molecule has 0 spiro atoms. The maximum Gasteiger partial charge on any atom is 0.347 e. The number of halogens is 1. The van der Waals surface area contributed by atoms with Gasteiger partial charge in [-0.25, -0.2) is 4.79 Å². The van der Waals surface area contributed by atoms with Gasteiger partial charge in [0.2, 0.25) is 0 Å². The number of nitrogens with zero attached hydrogens (tertiary/aromatic N) is 1. The van der Waals surface area contributed by atoms with E-state index in [1.165, 1.54) is 6.07 Å². The second-order valence-electron chi connectivity index (χ2n) is 3.55. The Kier molecular flexibility index (Phi) is 3.38. The quantitative estimate of drug-likeness (QED) is 0.499. The van der Waals surface area contributed by atoms with Crippen molar-refractivity contribution in [2.45, 2.75) is 12.5 Å². The van der Waals surface area contributed by atoms with E-state index in [1.807, 2.05) is 28.7 Å². The van der Waals surface area contributed by atoms with Crippen LogP contribution in [-0.2, 0) is 9.53 Å². The lowest BCUT2D eigenvalue weighted by molar-refractivity contribution is -0.143. The van der Waals surface area contributed by atoms with E-state index in [-0.39, 0.29) is 5.97 Å². The highest BCUT2D eigenvalue weighted by molar-refractivity contribution is 14.1. The molecule has 1 heterocycles. The van der Waals surface area contributed by atoms with E-state index in [2.05, 4.69) is 0 Å². The Hall–Kier alpha value is -1.49. The molecule has 0 aromatic heterocycles.